The van der Waals surface area contributed by atoms with Crippen molar-refractivity contribution in [1.82, 2.24) is 5.32 Å². The van der Waals surface area contributed by atoms with Gasteiger partial charge in [-0.15, -0.1) is 0 Å². The predicted molar refractivity (Wildman–Crippen MR) is 108 cm³/mol. The van der Waals surface area contributed by atoms with Crippen LogP contribution in [0.3, 0.4) is 0 Å². The number of nitro benzene ring substituents is 2. The van der Waals surface area contributed by atoms with Gasteiger partial charge in [0, 0.05) is 23.9 Å². The van der Waals surface area contributed by atoms with Gasteiger partial charge in [0.05, 0.1) is 15.4 Å². The van der Waals surface area contributed by atoms with Gasteiger partial charge in [0.15, 0.2) is 10.9 Å². The quantitative estimate of drug-likeness (QED) is 0.365. The van der Waals surface area contributed by atoms with Crippen LogP contribution in [0.15, 0.2) is 65.1 Å². The Morgan fingerprint density at radius 2 is 1.72 bits per heavy atom. The number of nitro groups is 2. The summed E-state index contributed by atoms with van der Waals surface area (Å²) in [5.41, 5.74) is 0.263. The van der Waals surface area contributed by atoms with E-state index in [4.69, 9.17) is 16.6 Å². The summed E-state index contributed by atoms with van der Waals surface area (Å²) in [5, 5.41) is 26.9. The number of thiocarbonyl (C=S) groups is 1. The molecule has 0 aliphatic carbocycles. The minimum absolute atomic E-state index is 0.0980. The number of carbonyl (C=O) groups is 1. The molecule has 11 heteroatoms. The molecule has 29 heavy (non-hydrogen) atoms. The molecule has 1 aromatic heterocycles. The van der Waals surface area contributed by atoms with Gasteiger partial charge in [0.2, 0.25) is 0 Å². The summed E-state index contributed by atoms with van der Waals surface area (Å²) in [6.07, 6.45) is 0. The molecule has 3 aromatic rings. The topological polar surface area (TPSA) is 141 Å². The van der Waals surface area contributed by atoms with E-state index in [-0.39, 0.29) is 33.6 Å². The van der Waals surface area contributed by atoms with E-state index in [2.05, 4.69) is 10.6 Å². The Bertz CT molecular complexity index is 1130. The zero-order valence-corrected chi connectivity index (χ0v) is 15.3. The fourth-order valence-electron chi connectivity index (χ4n) is 2.47. The van der Waals surface area contributed by atoms with Crippen LogP contribution in [0.4, 0.5) is 17.1 Å². The summed E-state index contributed by atoms with van der Waals surface area (Å²) >= 11 is 5.03. The first kappa shape index (κ1) is 19.6. The lowest BCUT2D eigenvalue weighted by Crippen LogP contribution is -2.33. The third kappa shape index (κ3) is 4.59. The van der Waals surface area contributed by atoms with E-state index in [0.29, 0.717) is 5.69 Å². The standard InChI is InChI=1S/C18H12N4O6S/c23-17(20-18(29)19-11-4-3-5-12(10-11)21(24)25)16-9-8-15(28-16)13-6-1-2-7-14(13)22(26)27/h1-10H,(H2,19,20,23,29). The average Bonchev–Trinajstić information content (AvgIpc) is 3.18. The molecule has 0 spiro atoms. The number of hydrogen-bond acceptors (Lipinski definition) is 7. The molecule has 0 aliphatic rings. The Labute approximate surface area is 168 Å². The number of benzene rings is 2. The molecule has 2 N–H and O–H groups in total. The van der Waals surface area contributed by atoms with Gasteiger partial charge < -0.3 is 9.73 Å². The maximum atomic E-state index is 12.3. The van der Waals surface area contributed by atoms with Gasteiger partial charge in [0.25, 0.3) is 17.3 Å². The zero-order chi connectivity index (χ0) is 21.0. The van der Waals surface area contributed by atoms with Crippen molar-refractivity contribution in [2.24, 2.45) is 0 Å². The van der Waals surface area contributed by atoms with Crippen LogP contribution in [0.25, 0.3) is 11.3 Å². The Balaban J connectivity index is 1.71. The van der Waals surface area contributed by atoms with Crippen molar-refractivity contribution in [3.8, 4) is 11.3 Å². The number of nitrogens with zero attached hydrogens (tertiary/aromatic N) is 2. The normalized spacial score (nSPS) is 10.2. The third-order valence-corrected chi connectivity index (χ3v) is 3.94. The van der Waals surface area contributed by atoms with E-state index in [1.54, 1.807) is 12.1 Å². The average molecular weight is 412 g/mol. The summed E-state index contributed by atoms with van der Waals surface area (Å²) in [6.45, 7) is 0. The lowest BCUT2D eigenvalue weighted by Gasteiger charge is -2.08. The van der Waals surface area contributed by atoms with Gasteiger partial charge >= 0.3 is 0 Å². The number of para-hydroxylation sites is 1. The van der Waals surface area contributed by atoms with Crippen LogP contribution in [0.5, 0.6) is 0 Å². The van der Waals surface area contributed by atoms with Gasteiger partial charge in [-0.3, -0.25) is 30.3 Å². The van der Waals surface area contributed by atoms with Crippen LogP contribution >= 0.6 is 12.2 Å². The molecule has 0 atom stereocenters. The Morgan fingerprint density at radius 1 is 0.966 bits per heavy atom. The number of rotatable bonds is 5. The van der Waals surface area contributed by atoms with Gasteiger partial charge in [-0.05, 0) is 36.5 Å². The summed E-state index contributed by atoms with van der Waals surface area (Å²) in [6, 6.07) is 14.4. The molecular formula is C18H12N4O6S. The second kappa shape index (κ2) is 8.27. The maximum Gasteiger partial charge on any atom is 0.293 e. The Morgan fingerprint density at radius 3 is 2.45 bits per heavy atom. The highest BCUT2D eigenvalue weighted by atomic mass is 32.1. The number of hydrogen-bond donors (Lipinski definition) is 2. The molecule has 1 heterocycles. The monoisotopic (exact) mass is 412 g/mol. The molecule has 146 valence electrons. The van der Waals surface area contributed by atoms with E-state index in [1.165, 1.54) is 48.5 Å². The molecule has 10 nitrogen and oxygen atoms in total. The molecule has 0 aliphatic heterocycles. The first-order chi connectivity index (χ1) is 13.8. The number of furan rings is 1. The number of nitrogens with one attached hydrogen (secondary N) is 2. The van der Waals surface area contributed by atoms with E-state index < -0.39 is 15.8 Å². The molecule has 0 radical (unpaired) electrons. The zero-order valence-electron chi connectivity index (χ0n) is 14.5. The van der Waals surface area contributed by atoms with Crippen molar-refractivity contribution in [3.63, 3.8) is 0 Å². The lowest BCUT2D eigenvalue weighted by atomic mass is 10.1. The van der Waals surface area contributed by atoms with Crippen LogP contribution in [0, 0.1) is 20.2 Å². The largest absolute Gasteiger partial charge is 0.451 e. The molecule has 0 bridgehead atoms. The molecule has 0 unspecified atom stereocenters. The van der Waals surface area contributed by atoms with Crippen molar-refractivity contribution in [3.05, 3.63) is 86.7 Å². The van der Waals surface area contributed by atoms with Crippen LogP contribution in [0.1, 0.15) is 10.6 Å². The van der Waals surface area contributed by atoms with Gasteiger partial charge in [-0.2, -0.15) is 0 Å². The molecule has 2 aromatic carbocycles. The third-order valence-electron chi connectivity index (χ3n) is 3.74. The molecule has 1 amide bonds. The number of non-ortho nitro benzene ring substituents is 1. The minimum Gasteiger partial charge on any atom is -0.451 e. The first-order valence-corrected chi connectivity index (χ1v) is 8.46. The second-order valence-electron chi connectivity index (χ2n) is 5.65. The summed E-state index contributed by atoms with van der Waals surface area (Å²) in [5.74, 6) is -0.640. The van der Waals surface area contributed by atoms with Crippen LogP contribution in [0.2, 0.25) is 0 Å². The second-order valence-corrected chi connectivity index (χ2v) is 6.06. The highest BCUT2D eigenvalue weighted by Gasteiger charge is 2.19. The lowest BCUT2D eigenvalue weighted by molar-refractivity contribution is -0.384. The van der Waals surface area contributed by atoms with Crippen molar-refractivity contribution in [2.45, 2.75) is 0 Å². The smallest absolute Gasteiger partial charge is 0.293 e. The fourth-order valence-corrected chi connectivity index (χ4v) is 2.68. The molecular weight excluding hydrogens is 400 g/mol. The Kier molecular flexibility index (Phi) is 5.60. The number of amides is 1. The van der Waals surface area contributed by atoms with Crippen LogP contribution < -0.4 is 10.6 Å². The molecule has 0 saturated carbocycles. The van der Waals surface area contributed by atoms with Gasteiger partial charge in [-0.1, -0.05) is 18.2 Å². The Hall–Kier alpha value is -4.12. The fraction of sp³-hybridized carbons (Fsp3) is 0. The molecule has 3 rings (SSSR count). The summed E-state index contributed by atoms with van der Waals surface area (Å²) in [7, 11) is 0. The van der Waals surface area contributed by atoms with Gasteiger partial charge in [0.1, 0.15) is 5.76 Å². The van der Waals surface area contributed by atoms with E-state index in [1.807, 2.05) is 0 Å². The summed E-state index contributed by atoms with van der Waals surface area (Å²) in [4.78, 5) is 33.2. The van der Waals surface area contributed by atoms with Crippen LogP contribution in [-0.4, -0.2) is 20.9 Å². The van der Waals surface area contributed by atoms with E-state index in [9.17, 15) is 25.0 Å². The SMILES string of the molecule is O=C(NC(=S)Nc1cccc([N+](=O)[O-])c1)c1ccc(-c2ccccc2[N+](=O)[O-])o1. The minimum atomic E-state index is -0.683. The van der Waals surface area contributed by atoms with Crippen molar-refractivity contribution < 1.29 is 19.1 Å². The van der Waals surface area contributed by atoms with E-state index in [0.717, 1.165) is 0 Å². The highest BCUT2D eigenvalue weighted by Crippen LogP contribution is 2.30. The van der Waals surface area contributed by atoms with Crippen molar-refractivity contribution >= 4 is 40.3 Å². The van der Waals surface area contributed by atoms with Crippen molar-refractivity contribution in [2.75, 3.05) is 5.32 Å². The number of carbonyl (C=O) groups excluding carboxylic acids is 1. The molecule has 0 fully saturated rings. The van der Waals surface area contributed by atoms with E-state index >= 15 is 0 Å². The first-order valence-electron chi connectivity index (χ1n) is 8.05. The molecule has 0 saturated heterocycles. The predicted octanol–water partition coefficient (Wildman–Crippen LogP) is 3.89. The van der Waals surface area contributed by atoms with Gasteiger partial charge in [-0.25, -0.2) is 0 Å². The number of anilines is 1. The van der Waals surface area contributed by atoms with Crippen molar-refractivity contribution in [1.29, 1.82) is 0 Å². The summed E-state index contributed by atoms with van der Waals surface area (Å²) < 4.78 is 5.43. The van der Waals surface area contributed by atoms with Crippen LogP contribution in [-0.2, 0) is 0 Å². The highest BCUT2D eigenvalue weighted by molar-refractivity contribution is 7.80. The maximum absolute atomic E-state index is 12.3.